The lowest BCUT2D eigenvalue weighted by atomic mass is 9.70. The highest BCUT2D eigenvalue weighted by molar-refractivity contribution is 5.83. The molecule has 144 valence electrons. The van der Waals surface area contributed by atoms with Crippen molar-refractivity contribution in [2.24, 2.45) is 11.1 Å². The Labute approximate surface area is 160 Å². The molecular formula is C21H28N4O2. The van der Waals surface area contributed by atoms with Gasteiger partial charge in [-0.25, -0.2) is 0 Å². The van der Waals surface area contributed by atoms with Gasteiger partial charge in [0.25, 0.3) is 0 Å². The van der Waals surface area contributed by atoms with E-state index in [0.717, 1.165) is 38.6 Å². The fourth-order valence-electron chi connectivity index (χ4n) is 4.38. The summed E-state index contributed by atoms with van der Waals surface area (Å²) in [6, 6.07) is 12.3. The maximum absolute atomic E-state index is 12.4. The van der Waals surface area contributed by atoms with E-state index < -0.39 is 11.0 Å². The summed E-state index contributed by atoms with van der Waals surface area (Å²) in [5, 5.41) is 12.5. The zero-order valence-corrected chi connectivity index (χ0v) is 15.7. The summed E-state index contributed by atoms with van der Waals surface area (Å²) >= 11 is 0. The molecule has 2 aliphatic rings. The van der Waals surface area contributed by atoms with E-state index in [1.807, 2.05) is 18.2 Å². The van der Waals surface area contributed by atoms with Gasteiger partial charge in [0.15, 0.2) is 5.54 Å². The molecule has 1 aliphatic carbocycles. The standard InChI is InChI=1S/C21H28N4O2/c22-14-21(15-25(16-21)13-17-7-3-1-4-8-17)24-18(26)9-12-20(19(23)27)10-5-2-6-11-20/h1,3-4,7-8H,2,5-6,9-13,15-16H2,(H2,23,27)(H,24,26). The number of primary amides is 1. The van der Waals surface area contributed by atoms with E-state index in [0.29, 0.717) is 19.5 Å². The maximum Gasteiger partial charge on any atom is 0.223 e. The number of rotatable bonds is 7. The molecule has 0 aromatic heterocycles. The largest absolute Gasteiger partial charge is 0.369 e. The molecule has 6 heteroatoms. The normalized spacial score (nSPS) is 20.9. The quantitative estimate of drug-likeness (QED) is 0.770. The SMILES string of the molecule is N#CC1(NC(=O)CCC2(C(N)=O)CCCCC2)CN(Cc2ccccc2)C1. The number of amides is 2. The summed E-state index contributed by atoms with van der Waals surface area (Å²) in [7, 11) is 0. The number of likely N-dealkylation sites (tertiary alicyclic amines) is 1. The Bertz CT molecular complexity index is 713. The van der Waals surface area contributed by atoms with Crippen LogP contribution in [-0.4, -0.2) is 35.3 Å². The van der Waals surface area contributed by atoms with Crippen LogP contribution in [-0.2, 0) is 16.1 Å². The monoisotopic (exact) mass is 368 g/mol. The second kappa shape index (κ2) is 8.10. The Morgan fingerprint density at radius 2 is 1.81 bits per heavy atom. The molecule has 2 fully saturated rings. The Kier molecular flexibility index (Phi) is 5.81. The predicted molar refractivity (Wildman–Crippen MR) is 102 cm³/mol. The molecule has 27 heavy (non-hydrogen) atoms. The predicted octanol–water partition coefficient (Wildman–Crippen LogP) is 2.10. The Hall–Kier alpha value is -2.39. The maximum atomic E-state index is 12.4. The minimum absolute atomic E-state index is 0.165. The number of carbonyl (C=O) groups is 2. The highest BCUT2D eigenvalue weighted by atomic mass is 16.2. The van der Waals surface area contributed by atoms with Gasteiger partial charge in [-0.1, -0.05) is 49.6 Å². The lowest BCUT2D eigenvalue weighted by Gasteiger charge is -2.46. The van der Waals surface area contributed by atoms with Crippen molar-refractivity contribution in [3.63, 3.8) is 0 Å². The van der Waals surface area contributed by atoms with Crippen molar-refractivity contribution in [3.05, 3.63) is 35.9 Å². The molecule has 1 aliphatic heterocycles. The summed E-state index contributed by atoms with van der Waals surface area (Å²) in [6.45, 7) is 1.81. The fourth-order valence-corrected chi connectivity index (χ4v) is 4.38. The van der Waals surface area contributed by atoms with Gasteiger partial charge < -0.3 is 11.1 Å². The first kappa shape index (κ1) is 19.4. The number of hydrogen-bond acceptors (Lipinski definition) is 4. The molecule has 0 unspecified atom stereocenters. The van der Waals surface area contributed by atoms with Gasteiger partial charge in [-0.3, -0.25) is 14.5 Å². The van der Waals surface area contributed by atoms with Crippen LogP contribution in [0, 0.1) is 16.7 Å². The molecule has 0 atom stereocenters. The number of benzene rings is 1. The van der Waals surface area contributed by atoms with Crippen LogP contribution >= 0.6 is 0 Å². The van der Waals surface area contributed by atoms with Gasteiger partial charge in [-0.2, -0.15) is 5.26 Å². The van der Waals surface area contributed by atoms with Crippen molar-refractivity contribution in [2.75, 3.05) is 13.1 Å². The number of nitriles is 1. The first-order valence-electron chi connectivity index (χ1n) is 9.75. The van der Waals surface area contributed by atoms with Crippen molar-refractivity contribution >= 4 is 11.8 Å². The van der Waals surface area contributed by atoms with Gasteiger partial charge in [0.1, 0.15) is 0 Å². The topological polar surface area (TPSA) is 99.2 Å². The van der Waals surface area contributed by atoms with Crippen LogP contribution in [0.5, 0.6) is 0 Å². The molecule has 0 radical (unpaired) electrons. The molecule has 6 nitrogen and oxygen atoms in total. The molecule has 1 saturated carbocycles. The van der Waals surface area contributed by atoms with Gasteiger partial charge in [-0.15, -0.1) is 0 Å². The molecule has 3 rings (SSSR count). The summed E-state index contributed by atoms with van der Waals surface area (Å²) < 4.78 is 0. The van der Waals surface area contributed by atoms with E-state index in [1.54, 1.807) is 0 Å². The van der Waals surface area contributed by atoms with Crippen LogP contribution in [0.4, 0.5) is 0 Å². The second-order valence-electron chi connectivity index (χ2n) is 8.08. The lowest BCUT2D eigenvalue weighted by molar-refractivity contribution is -0.131. The number of nitrogens with zero attached hydrogens (tertiary/aromatic N) is 2. The molecule has 1 saturated heterocycles. The molecule has 1 aromatic carbocycles. The van der Waals surface area contributed by atoms with Crippen LogP contribution in [0.1, 0.15) is 50.5 Å². The third kappa shape index (κ3) is 4.48. The summed E-state index contributed by atoms with van der Waals surface area (Å²) in [5.74, 6) is -0.454. The minimum Gasteiger partial charge on any atom is -0.369 e. The smallest absolute Gasteiger partial charge is 0.223 e. The average molecular weight is 368 g/mol. The number of nitrogens with two attached hydrogens (primary N) is 1. The van der Waals surface area contributed by atoms with Gasteiger partial charge in [0.05, 0.1) is 6.07 Å². The van der Waals surface area contributed by atoms with Crippen LogP contribution < -0.4 is 11.1 Å². The number of nitrogens with one attached hydrogen (secondary N) is 1. The van der Waals surface area contributed by atoms with Gasteiger partial charge in [-0.05, 0) is 24.8 Å². The Morgan fingerprint density at radius 3 is 2.41 bits per heavy atom. The fraction of sp³-hybridized carbons (Fsp3) is 0.571. The van der Waals surface area contributed by atoms with E-state index >= 15 is 0 Å². The number of hydrogen-bond donors (Lipinski definition) is 2. The van der Waals surface area contributed by atoms with Crippen LogP contribution in [0.2, 0.25) is 0 Å². The van der Waals surface area contributed by atoms with Crippen molar-refractivity contribution in [1.29, 1.82) is 5.26 Å². The van der Waals surface area contributed by atoms with Gasteiger partial charge in [0, 0.05) is 31.5 Å². The molecule has 3 N–H and O–H groups in total. The van der Waals surface area contributed by atoms with Crippen molar-refractivity contribution in [1.82, 2.24) is 10.2 Å². The minimum atomic E-state index is -0.821. The van der Waals surface area contributed by atoms with Crippen LogP contribution in [0.15, 0.2) is 30.3 Å². The van der Waals surface area contributed by atoms with E-state index in [-0.39, 0.29) is 18.2 Å². The highest BCUT2D eigenvalue weighted by Crippen LogP contribution is 2.40. The zero-order valence-electron chi connectivity index (χ0n) is 15.7. The van der Waals surface area contributed by atoms with Crippen LogP contribution in [0.25, 0.3) is 0 Å². The highest BCUT2D eigenvalue weighted by Gasteiger charge is 2.45. The van der Waals surface area contributed by atoms with Gasteiger partial charge >= 0.3 is 0 Å². The summed E-state index contributed by atoms with van der Waals surface area (Å²) in [4.78, 5) is 26.5. The van der Waals surface area contributed by atoms with E-state index in [4.69, 9.17) is 5.73 Å². The van der Waals surface area contributed by atoms with E-state index in [2.05, 4.69) is 28.4 Å². The van der Waals surface area contributed by atoms with Crippen molar-refractivity contribution in [2.45, 2.75) is 57.0 Å². The molecule has 0 bridgehead atoms. The van der Waals surface area contributed by atoms with Crippen molar-refractivity contribution < 1.29 is 9.59 Å². The van der Waals surface area contributed by atoms with Crippen molar-refractivity contribution in [3.8, 4) is 6.07 Å². The first-order valence-corrected chi connectivity index (χ1v) is 9.75. The first-order chi connectivity index (χ1) is 13.0. The Balaban J connectivity index is 1.49. The zero-order chi connectivity index (χ0) is 19.3. The second-order valence-corrected chi connectivity index (χ2v) is 8.08. The average Bonchev–Trinajstić information content (AvgIpc) is 2.66. The third-order valence-electron chi connectivity index (χ3n) is 5.99. The van der Waals surface area contributed by atoms with E-state index in [9.17, 15) is 14.9 Å². The third-order valence-corrected chi connectivity index (χ3v) is 5.99. The molecule has 0 spiro atoms. The number of carbonyl (C=O) groups excluding carboxylic acids is 2. The lowest BCUT2D eigenvalue weighted by Crippen LogP contribution is -2.69. The van der Waals surface area contributed by atoms with Gasteiger partial charge in [0.2, 0.25) is 11.8 Å². The van der Waals surface area contributed by atoms with E-state index in [1.165, 1.54) is 5.56 Å². The molecular weight excluding hydrogens is 340 g/mol. The molecule has 2 amide bonds. The molecule has 1 aromatic rings. The van der Waals surface area contributed by atoms with Crippen LogP contribution in [0.3, 0.4) is 0 Å². The summed E-state index contributed by atoms with van der Waals surface area (Å²) in [5.41, 5.74) is 5.46. The Morgan fingerprint density at radius 1 is 1.15 bits per heavy atom. The molecule has 1 heterocycles. The summed E-state index contributed by atoms with van der Waals surface area (Å²) in [6.07, 6.45) is 5.35.